The smallest absolute Gasteiger partial charge is 0.331 e. The summed E-state index contributed by atoms with van der Waals surface area (Å²) in [7, 11) is 0. The number of imide groups is 1. The van der Waals surface area contributed by atoms with Crippen LogP contribution in [0.4, 0.5) is 4.79 Å². The van der Waals surface area contributed by atoms with Gasteiger partial charge in [-0.3, -0.25) is 14.8 Å². The van der Waals surface area contributed by atoms with Gasteiger partial charge in [-0.25, -0.2) is 4.79 Å². The molecule has 0 atom stereocenters. The van der Waals surface area contributed by atoms with Gasteiger partial charge >= 0.3 is 6.03 Å². The molecule has 2 N–H and O–H groups in total. The van der Waals surface area contributed by atoms with Crippen LogP contribution in [0.5, 0.6) is 5.75 Å². The number of amides is 3. The Labute approximate surface area is 228 Å². The average molecular weight is 527 g/mol. The largest absolute Gasteiger partial charge is 0.488 e. The number of hydrogen-bond acceptors (Lipinski definition) is 4. The summed E-state index contributed by atoms with van der Waals surface area (Å²) >= 11 is 1.18. The summed E-state index contributed by atoms with van der Waals surface area (Å²) in [6.45, 7) is 0.115. The zero-order valence-corrected chi connectivity index (χ0v) is 21.5. The maximum absolute atomic E-state index is 12.6. The van der Waals surface area contributed by atoms with E-state index in [1.165, 1.54) is 38.9 Å². The molecule has 6 heteroatoms. The Morgan fingerprint density at radius 3 is 2.15 bits per heavy atom. The summed E-state index contributed by atoms with van der Waals surface area (Å²) in [5.74, 6) is 0.241. The van der Waals surface area contributed by atoms with Gasteiger partial charge in [0.1, 0.15) is 12.4 Å². The Hall–Kier alpha value is -4.81. The quantitative estimate of drug-likeness (QED) is 0.141. The minimum atomic E-state index is -0.583. The molecule has 0 aromatic heterocycles. The summed E-state index contributed by atoms with van der Waals surface area (Å²) in [6, 6.07) is 34.5. The Morgan fingerprint density at radius 2 is 1.31 bits per heavy atom. The van der Waals surface area contributed by atoms with Gasteiger partial charge in [0.2, 0.25) is 0 Å². The van der Waals surface area contributed by atoms with Crippen LogP contribution in [0.25, 0.3) is 49.2 Å². The molecule has 1 heterocycles. The zero-order chi connectivity index (χ0) is 26.3. The first-order chi connectivity index (χ1) is 19.1. The number of fused-ring (bicyclic) bond motifs is 6. The number of rotatable bonds is 3. The van der Waals surface area contributed by atoms with Crippen LogP contribution in [0.1, 0.15) is 5.56 Å². The van der Waals surface area contributed by atoms with Crippen molar-refractivity contribution in [3.8, 4) is 5.75 Å². The molecule has 0 unspecified atom stereocenters. The topological polar surface area (TPSA) is 67.4 Å². The van der Waals surface area contributed by atoms with Crippen molar-refractivity contribution in [2.24, 2.45) is 0 Å². The van der Waals surface area contributed by atoms with Crippen LogP contribution in [0.2, 0.25) is 0 Å². The van der Waals surface area contributed by atoms with Crippen molar-refractivity contribution in [1.29, 1.82) is 0 Å². The van der Waals surface area contributed by atoms with Crippen LogP contribution in [-0.4, -0.2) is 18.5 Å². The first kappa shape index (κ1) is 23.3. The molecule has 7 rings (SSSR count). The van der Waals surface area contributed by atoms with E-state index in [-0.39, 0.29) is 6.61 Å². The second-order valence-electron chi connectivity index (χ2n) is 9.52. The van der Waals surface area contributed by atoms with Crippen LogP contribution in [0.3, 0.4) is 0 Å². The molecule has 188 valence electrons. The number of ether oxygens (including phenoxy) is 1. The Balaban J connectivity index is 1.14. The van der Waals surface area contributed by atoms with Crippen LogP contribution in [0, 0.1) is 0 Å². The Morgan fingerprint density at radius 1 is 0.667 bits per heavy atom. The molecule has 0 spiro atoms. The van der Waals surface area contributed by atoms with E-state index in [1.807, 2.05) is 36.4 Å². The fourth-order valence-electron chi connectivity index (χ4n) is 5.14. The van der Waals surface area contributed by atoms with Crippen molar-refractivity contribution >= 4 is 73.1 Å². The van der Waals surface area contributed by atoms with Gasteiger partial charge in [0.15, 0.2) is 0 Å². The lowest BCUT2D eigenvalue weighted by Crippen LogP contribution is -2.38. The third kappa shape index (κ3) is 4.35. The van der Waals surface area contributed by atoms with E-state index in [4.69, 9.17) is 4.74 Å². The van der Waals surface area contributed by atoms with Crippen LogP contribution in [0.15, 0.2) is 114 Å². The second-order valence-corrected chi connectivity index (χ2v) is 10.4. The highest BCUT2D eigenvalue weighted by Gasteiger charge is 2.19. The number of carbonyl (C=O) groups excluding carboxylic acids is 2. The van der Waals surface area contributed by atoms with Gasteiger partial charge < -0.3 is 4.74 Å². The maximum Gasteiger partial charge on any atom is 0.331 e. The zero-order valence-electron chi connectivity index (χ0n) is 20.7. The maximum atomic E-state index is 12.6. The lowest BCUT2D eigenvalue weighted by atomic mass is 9.96. The third-order valence-electron chi connectivity index (χ3n) is 7.07. The van der Waals surface area contributed by atoms with E-state index < -0.39 is 11.9 Å². The number of nitrogens with one attached hydrogen (secondary N) is 2. The molecule has 0 saturated carbocycles. The molecule has 3 amide bonds. The minimum Gasteiger partial charge on any atom is -0.488 e. The van der Waals surface area contributed by atoms with Gasteiger partial charge in [0.25, 0.3) is 5.91 Å². The second kappa shape index (κ2) is 9.49. The van der Waals surface area contributed by atoms with Gasteiger partial charge in [-0.1, -0.05) is 66.7 Å². The highest BCUT2D eigenvalue weighted by molar-refractivity contribution is 7.98. The lowest BCUT2D eigenvalue weighted by Gasteiger charge is -2.17. The molecule has 0 saturated heterocycles. The summed E-state index contributed by atoms with van der Waals surface area (Å²) in [4.78, 5) is 26.1. The predicted octanol–water partition coefficient (Wildman–Crippen LogP) is 7.61. The monoisotopic (exact) mass is 526 g/mol. The first-order valence-corrected chi connectivity index (χ1v) is 13.4. The molecular formula is C33H22N2O3S. The van der Waals surface area contributed by atoms with Crippen molar-refractivity contribution in [3.63, 3.8) is 0 Å². The summed E-state index contributed by atoms with van der Waals surface area (Å²) in [5.41, 5.74) is 1.21. The third-order valence-corrected chi connectivity index (χ3v) is 7.93. The number of hydrogen-bond donors (Lipinski definition) is 2. The highest BCUT2D eigenvalue weighted by atomic mass is 32.2. The lowest BCUT2D eigenvalue weighted by molar-refractivity contribution is -0.116. The van der Waals surface area contributed by atoms with E-state index in [2.05, 4.69) is 76.8 Å². The Bertz CT molecular complexity index is 2000. The summed E-state index contributed by atoms with van der Waals surface area (Å²) in [6.07, 6.45) is 1.75. The molecule has 0 aliphatic carbocycles. The molecule has 6 aromatic rings. The van der Waals surface area contributed by atoms with Crippen molar-refractivity contribution in [2.45, 2.75) is 4.90 Å². The molecule has 39 heavy (non-hydrogen) atoms. The van der Waals surface area contributed by atoms with Crippen LogP contribution < -0.4 is 14.8 Å². The Kier molecular flexibility index (Phi) is 5.68. The van der Waals surface area contributed by atoms with Gasteiger partial charge in [-0.2, -0.15) is 0 Å². The molecule has 6 aromatic carbocycles. The fraction of sp³-hybridized carbons (Fsp3) is 0.0303. The fourth-order valence-corrected chi connectivity index (χ4v) is 5.83. The van der Waals surface area contributed by atoms with Crippen molar-refractivity contribution in [1.82, 2.24) is 10.0 Å². The van der Waals surface area contributed by atoms with Crippen LogP contribution >= 0.6 is 11.9 Å². The van der Waals surface area contributed by atoms with Crippen molar-refractivity contribution in [3.05, 3.63) is 114 Å². The summed E-state index contributed by atoms with van der Waals surface area (Å²) < 4.78 is 8.39. The molecule has 1 aliphatic rings. The normalized spacial score (nSPS) is 12.7. The van der Waals surface area contributed by atoms with E-state index in [0.29, 0.717) is 5.57 Å². The van der Waals surface area contributed by atoms with E-state index in [0.717, 1.165) is 32.4 Å². The molecule has 0 fully saturated rings. The SMILES string of the molecule is O=C(NSc1cccc2cc3c(ccc4cc5ccccc5cc43)cc12)NC(=O)C1=Cc2ccccc2OC1. The van der Waals surface area contributed by atoms with Gasteiger partial charge in [0.05, 0.1) is 5.57 Å². The van der Waals surface area contributed by atoms with Crippen LogP contribution in [-0.2, 0) is 4.79 Å². The first-order valence-electron chi connectivity index (χ1n) is 12.6. The average Bonchev–Trinajstić information content (AvgIpc) is 2.97. The van der Waals surface area contributed by atoms with E-state index >= 15 is 0 Å². The molecule has 5 nitrogen and oxygen atoms in total. The van der Waals surface area contributed by atoms with Crippen molar-refractivity contribution in [2.75, 3.05) is 6.61 Å². The molecule has 0 radical (unpaired) electrons. The van der Waals surface area contributed by atoms with E-state index in [9.17, 15) is 9.59 Å². The van der Waals surface area contributed by atoms with Gasteiger partial charge in [-0.15, -0.1) is 0 Å². The molecule has 0 bridgehead atoms. The molecular weight excluding hydrogens is 504 g/mol. The summed E-state index contributed by atoms with van der Waals surface area (Å²) in [5, 5.41) is 11.7. The number of urea groups is 1. The van der Waals surface area contributed by atoms with Crippen molar-refractivity contribution < 1.29 is 14.3 Å². The minimum absolute atomic E-state index is 0.115. The van der Waals surface area contributed by atoms with Gasteiger partial charge in [0, 0.05) is 10.5 Å². The molecule has 1 aliphatic heterocycles. The number of carbonyl (C=O) groups is 2. The predicted molar refractivity (Wildman–Crippen MR) is 159 cm³/mol. The number of benzene rings is 6. The standard InChI is InChI=1S/C33H22N2O3S/c36-32(26-15-25-8-3-4-10-30(25)38-19-26)34-33(37)35-39-31-11-5-9-22-17-28-24(18-29(22)31)13-12-23-14-20-6-1-2-7-21(20)16-27(23)28/h1-18H,19H2,(H2,34,35,36,37). The highest BCUT2D eigenvalue weighted by Crippen LogP contribution is 2.35. The number of para-hydroxylation sites is 1. The van der Waals surface area contributed by atoms with E-state index in [1.54, 1.807) is 6.08 Å². The van der Waals surface area contributed by atoms with Gasteiger partial charge in [-0.05, 0) is 97.5 Å².